The minimum absolute atomic E-state index is 0.332. The van der Waals surface area contributed by atoms with Crippen molar-refractivity contribution in [2.24, 2.45) is 0 Å². The van der Waals surface area contributed by atoms with Crippen molar-refractivity contribution in [3.05, 3.63) is 0 Å². The van der Waals surface area contributed by atoms with E-state index in [9.17, 15) is 18.4 Å². The predicted octanol–water partition coefficient (Wildman–Crippen LogP) is -1.59. The van der Waals surface area contributed by atoms with Gasteiger partial charge in [0.05, 0.1) is 0 Å². The van der Waals surface area contributed by atoms with Crippen molar-refractivity contribution in [1.82, 2.24) is 4.72 Å². The SMILES string of the molecule is O=CC[C@H](NS(=O)[O-])C(=O)O. The average Bonchev–Trinajstić information content (AvgIpc) is 1.86. The van der Waals surface area contributed by atoms with E-state index in [0.29, 0.717) is 6.29 Å². The van der Waals surface area contributed by atoms with Gasteiger partial charge in [-0.1, -0.05) is 0 Å². The number of hydrogen-bond acceptors (Lipinski definition) is 4. The van der Waals surface area contributed by atoms with Crippen LogP contribution in [-0.4, -0.2) is 32.2 Å². The highest BCUT2D eigenvalue weighted by atomic mass is 32.2. The van der Waals surface area contributed by atoms with Gasteiger partial charge in [0.15, 0.2) is 0 Å². The fraction of sp³-hybridized carbons (Fsp3) is 0.500. The summed E-state index contributed by atoms with van der Waals surface area (Å²) in [5.41, 5.74) is 0. The van der Waals surface area contributed by atoms with Crippen LogP contribution >= 0.6 is 0 Å². The lowest BCUT2D eigenvalue weighted by Gasteiger charge is -2.12. The molecule has 0 aromatic carbocycles. The van der Waals surface area contributed by atoms with Crippen molar-refractivity contribution in [2.45, 2.75) is 12.5 Å². The summed E-state index contributed by atoms with van der Waals surface area (Å²) < 4.78 is 21.5. The minimum Gasteiger partial charge on any atom is -0.760 e. The van der Waals surface area contributed by atoms with Gasteiger partial charge in [-0.3, -0.25) is 9.00 Å². The molecule has 2 N–H and O–H groups in total. The summed E-state index contributed by atoms with van der Waals surface area (Å²) in [4.78, 5) is 19.9. The second kappa shape index (κ2) is 4.94. The molecule has 6 nitrogen and oxygen atoms in total. The van der Waals surface area contributed by atoms with Crippen LogP contribution in [0.3, 0.4) is 0 Å². The molecular formula is C4H6NO5S-. The Bertz CT molecular complexity index is 181. The van der Waals surface area contributed by atoms with Crippen LogP contribution in [0.1, 0.15) is 6.42 Å². The summed E-state index contributed by atoms with van der Waals surface area (Å²) >= 11 is -2.66. The first kappa shape index (κ1) is 10.2. The molecule has 64 valence electrons. The Morgan fingerprint density at radius 1 is 1.82 bits per heavy atom. The lowest BCUT2D eigenvalue weighted by molar-refractivity contribution is -0.139. The van der Waals surface area contributed by atoms with Crippen LogP contribution in [0.25, 0.3) is 0 Å². The molecule has 0 fully saturated rings. The largest absolute Gasteiger partial charge is 0.760 e. The fourth-order valence-corrected chi connectivity index (χ4v) is 0.841. The van der Waals surface area contributed by atoms with E-state index in [1.807, 2.05) is 0 Å². The van der Waals surface area contributed by atoms with E-state index in [1.165, 1.54) is 0 Å². The Morgan fingerprint density at radius 3 is 2.64 bits per heavy atom. The minimum atomic E-state index is -2.66. The third kappa shape index (κ3) is 4.59. The molecule has 0 aliphatic heterocycles. The van der Waals surface area contributed by atoms with Gasteiger partial charge in [-0.25, -0.2) is 4.72 Å². The Kier molecular flexibility index (Phi) is 4.59. The molecular weight excluding hydrogens is 174 g/mol. The molecule has 7 heteroatoms. The number of carboxylic acids is 1. The summed E-state index contributed by atoms with van der Waals surface area (Å²) in [5, 5.41) is 8.26. The molecule has 1 unspecified atom stereocenters. The summed E-state index contributed by atoms with van der Waals surface area (Å²) in [7, 11) is 0. The van der Waals surface area contributed by atoms with Gasteiger partial charge in [0, 0.05) is 17.7 Å². The lowest BCUT2D eigenvalue weighted by Crippen LogP contribution is -2.37. The van der Waals surface area contributed by atoms with E-state index < -0.39 is 23.3 Å². The predicted molar refractivity (Wildman–Crippen MR) is 34.2 cm³/mol. The molecule has 0 amide bonds. The molecule has 0 aromatic rings. The fourth-order valence-electron chi connectivity index (χ4n) is 0.412. The van der Waals surface area contributed by atoms with Gasteiger partial charge in [0.2, 0.25) is 0 Å². The van der Waals surface area contributed by atoms with Gasteiger partial charge in [-0.15, -0.1) is 0 Å². The third-order valence-corrected chi connectivity index (χ3v) is 1.35. The number of nitrogens with one attached hydrogen (secondary N) is 1. The van der Waals surface area contributed by atoms with E-state index in [1.54, 1.807) is 4.72 Å². The van der Waals surface area contributed by atoms with E-state index in [-0.39, 0.29) is 6.42 Å². The maximum Gasteiger partial charge on any atom is 0.322 e. The van der Waals surface area contributed by atoms with Crippen molar-refractivity contribution >= 4 is 23.5 Å². The topological polar surface area (TPSA) is 107 Å². The summed E-state index contributed by atoms with van der Waals surface area (Å²) in [6, 6.07) is -1.36. The van der Waals surface area contributed by atoms with Gasteiger partial charge in [0.1, 0.15) is 12.3 Å². The maximum absolute atomic E-state index is 10.1. The molecule has 11 heavy (non-hydrogen) atoms. The first-order valence-corrected chi connectivity index (χ1v) is 3.67. The van der Waals surface area contributed by atoms with Crippen LogP contribution in [-0.2, 0) is 20.9 Å². The number of carboxylic acid groups (broad SMARTS) is 1. The second-order valence-corrected chi connectivity index (χ2v) is 2.35. The lowest BCUT2D eigenvalue weighted by atomic mass is 10.2. The van der Waals surface area contributed by atoms with Crippen LogP contribution in [0.2, 0.25) is 0 Å². The van der Waals surface area contributed by atoms with Crippen molar-refractivity contribution < 1.29 is 23.5 Å². The van der Waals surface area contributed by atoms with Gasteiger partial charge in [0.25, 0.3) is 0 Å². The normalized spacial score (nSPS) is 15.4. The van der Waals surface area contributed by atoms with Crippen LogP contribution < -0.4 is 4.72 Å². The Labute approximate surface area is 65.0 Å². The highest BCUT2D eigenvalue weighted by Gasteiger charge is 2.15. The maximum atomic E-state index is 10.1. The number of aldehydes is 1. The van der Waals surface area contributed by atoms with E-state index in [0.717, 1.165) is 0 Å². The number of aliphatic carboxylic acids is 1. The van der Waals surface area contributed by atoms with E-state index in [2.05, 4.69) is 0 Å². The number of carbonyl (C=O) groups is 2. The van der Waals surface area contributed by atoms with Crippen LogP contribution in [0.4, 0.5) is 0 Å². The molecule has 0 aliphatic carbocycles. The van der Waals surface area contributed by atoms with Gasteiger partial charge in [-0.05, 0) is 0 Å². The molecule has 0 aromatic heterocycles. The van der Waals surface area contributed by atoms with Crippen LogP contribution in [0.5, 0.6) is 0 Å². The smallest absolute Gasteiger partial charge is 0.322 e. The Morgan fingerprint density at radius 2 is 2.36 bits per heavy atom. The van der Waals surface area contributed by atoms with Crippen LogP contribution in [0.15, 0.2) is 0 Å². The first-order chi connectivity index (χ1) is 5.07. The summed E-state index contributed by atoms with van der Waals surface area (Å²) in [5.74, 6) is -1.37. The zero-order valence-corrected chi connectivity index (χ0v) is 6.17. The van der Waals surface area contributed by atoms with Crippen LogP contribution in [0, 0.1) is 0 Å². The molecule has 0 saturated carbocycles. The highest BCUT2D eigenvalue weighted by Crippen LogP contribution is 1.88. The molecule has 0 saturated heterocycles. The number of carbonyl (C=O) groups excluding carboxylic acids is 1. The van der Waals surface area contributed by atoms with Gasteiger partial charge < -0.3 is 14.5 Å². The number of rotatable bonds is 5. The third-order valence-electron chi connectivity index (χ3n) is 0.869. The summed E-state index contributed by atoms with van der Waals surface area (Å²) in [6.07, 6.45) is -0.0397. The van der Waals surface area contributed by atoms with E-state index in [4.69, 9.17) is 5.11 Å². The quantitative estimate of drug-likeness (QED) is 0.392. The van der Waals surface area contributed by atoms with Crippen molar-refractivity contribution in [3.8, 4) is 0 Å². The number of hydrogen-bond donors (Lipinski definition) is 2. The summed E-state index contributed by atoms with van der Waals surface area (Å²) in [6.45, 7) is 0. The molecule has 0 rings (SSSR count). The van der Waals surface area contributed by atoms with E-state index >= 15 is 0 Å². The van der Waals surface area contributed by atoms with Crippen molar-refractivity contribution in [2.75, 3.05) is 0 Å². The molecule has 0 heterocycles. The Balaban J connectivity index is 3.99. The Hall–Kier alpha value is -0.790. The van der Waals surface area contributed by atoms with Gasteiger partial charge >= 0.3 is 5.97 Å². The first-order valence-electron chi connectivity index (χ1n) is 2.59. The molecule has 0 radical (unpaired) electrons. The molecule has 0 bridgehead atoms. The standard InChI is InChI=1S/C4H7NO5S/c6-2-1-3(4(7)8)5-11(9)10/h2-3,5H,1H2,(H,7,8)(H,9,10)/p-1/t3-/m0/s1. The average molecular weight is 180 g/mol. The zero-order chi connectivity index (χ0) is 8.85. The van der Waals surface area contributed by atoms with Crippen molar-refractivity contribution in [1.29, 1.82) is 0 Å². The monoisotopic (exact) mass is 180 g/mol. The second-order valence-electron chi connectivity index (χ2n) is 1.65. The molecule has 0 spiro atoms. The van der Waals surface area contributed by atoms with Gasteiger partial charge in [-0.2, -0.15) is 0 Å². The molecule has 2 atom stereocenters. The zero-order valence-electron chi connectivity index (χ0n) is 5.35. The highest BCUT2D eigenvalue weighted by molar-refractivity contribution is 7.77. The molecule has 0 aliphatic rings. The van der Waals surface area contributed by atoms with Crippen molar-refractivity contribution in [3.63, 3.8) is 0 Å².